The van der Waals surface area contributed by atoms with Crippen molar-refractivity contribution < 1.29 is 19.2 Å². The molecule has 6 heteroatoms. The summed E-state index contributed by atoms with van der Waals surface area (Å²) in [7, 11) is 0. The number of nitrogens with zero attached hydrogens (tertiary/aromatic N) is 1. The first-order valence-corrected chi connectivity index (χ1v) is 4.41. The van der Waals surface area contributed by atoms with Crippen molar-refractivity contribution in [2.75, 3.05) is 0 Å². The van der Waals surface area contributed by atoms with Crippen molar-refractivity contribution in [3.63, 3.8) is 0 Å². The molecule has 2 aromatic rings. The van der Waals surface area contributed by atoms with Gasteiger partial charge in [-0.15, -0.1) is 4.74 Å². The lowest BCUT2D eigenvalue weighted by Gasteiger charge is -1.96. The first-order valence-electron chi connectivity index (χ1n) is 4.41. The van der Waals surface area contributed by atoms with Crippen LogP contribution in [0.3, 0.4) is 0 Å². The van der Waals surface area contributed by atoms with Gasteiger partial charge in [-0.1, -0.05) is 6.07 Å². The number of benzene rings is 1. The lowest BCUT2D eigenvalue weighted by Crippen LogP contribution is -2.04. The standard InChI is InChI=1S/C10H7NO5/c1-5(12)11-7-4-2-3-6(9(13)14)8(7)10(15)16-11/h2-4H,1H3,(H,13,14). The summed E-state index contributed by atoms with van der Waals surface area (Å²) in [6.07, 6.45) is 0. The lowest BCUT2D eigenvalue weighted by atomic mass is 10.1. The maximum atomic E-state index is 11.4. The van der Waals surface area contributed by atoms with Crippen LogP contribution in [0.5, 0.6) is 0 Å². The van der Waals surface area contributed by atoms with E-state index in [1.165, 1.54) is 25.1 Å². The summed E-state index contributed by atoms with van der Waals surface area (Å²) in [4.78, 5) is 33.4. The number of fused-ring (bicyclic) bond motifs is 1. The summed E-state index contributed by atoms with van der Waals surface area (Å²) in [6, 6.07) is 4.18. The van der Waals surface area contributed by atoms with E-state index < -0.39 is 17.5 Å². The summed E-state index contributed by atoms with van der Waals surface area (Å²) < 4.78 is 5.45. The Morgan fingerprint density at radius 2 is 2.06 bits per heavy atom. The Balaban J connectivity index is 2.96. The molecule has 0 bridgehead atoms. The molecule has 0 spiro atoms. The quantitative estimate of drug-likeness (QED) is 0.774. The number of carbonyl (C=O) groups excluding carboxylic acids is 1. The Kier molecular flexibility index (Phi) is 2.12. The molecular formula is C10H7NO5. The number of carboxylic acids is 1. The molecule has 1 N–H and O–H groups in total. The van der Waals surface area contributed by atoms with Gasteiger partial charge in [0.1, 0.15) is 5.39 Å². The predicted molar refractivity (Wildman–Crippen MR) is 53.7 cm³/mol. The number of aromatic carboxylic acids is 1. The van der Waals surface area contributed by atoms with E-state index in [1.54, 1.807) is 0 Å². The zero-order valence-electron chi connectivity index (χ0n) is 8.26. The first-order chi connectivity index (χ1) is 7.52. The highest BCUT2D eigenvalue weighted by Crippen LogP contribution is 2.16. The van der Waals surface area contributed by atoms with E-state index in [0.29, 0.717) is 0 Å². The summed E-state index contributed by atoms with van der Waals surface area (Å²) in [5.41, 5.74) is -0.841. The third-order valence-corrected chi connectivity index (χ3v) is 2.16. The van der Waals surface area contributed by atoms with E-state index in [9.17, 15) is 14.4 Å². The van der Waals surface area contributed by atoms with Crippen LogP contribution in [0.15, 0.2) is 27.5 Å². The van der Waals surface area contributed by atoms with Crippen molar-refractivity contribution in [3.05, 3.63) is 34.2 Å². The number of carbonyl (C=O) groups is 2. The molecule has 1 aromatic carbocycles. The van der Waals surface area contributed by atoms with Crippen molar-refractivity contribution in [1.29, 1.82) is 0 Å². The smallest absolute Gasteiger partial charge is 0.366 e. The van der Waals surface area contributed by atoms with Gasteiger partial charge in [0.15, 0.2) is 0 Å². The van der Waals surface area contributed by atoms with Crippen LogP contribution in [0.4, 0.5) is 0 Å². The molecule has 0 unspecified atom stereocenters. The van der Waals surface area contributed by atoms with E-state index in [1.807, 2.05) is 0 Å². The molecule has 0 aliphatic rings. The molecule has 16 heavy (non-hydrogen) atoms. The second kappa shape index (κ2) is 3.34. The van der Waals surface area contributed by atoms with Gasteiger partial charge in [0.2, 0.25) is 0 Å². The zero-order valence-corrected chi connectivity index (χ0v) is 8.26. The lowest BCUT2D eigenvalue weighted by molar-refractivity contribution is 0.0698. The van der Waals surface area contributed by atoms with Gasteiger partial charge in [0.25, 0.3) is 5.91 Å². The van der Waals surface area contributed by atoms with Crippen LogP contribution >= 0.6 is 0 Å². The maximum absolute atomic E-state index is 11.4. The van der Waals surface area contributed by atoms with Gasteiger partial charge in [-0.2, -0.15) is 0 Å². The fourth-order valence-corrected chi connectivity index (χ4v) is 1.51. The van der Waals surface area contributed by atoms with Crippen molar-refractivity contribution in [2.45, 2.75) is 6.92 Å². The van der Waals surface area contributed by atoms with Gasteiger partial charge in [0.05, 0.1) is 11.1 Å². The van der Waals surface area contributed by atoms with Crippen LogP contribution < -0.4 is 5.63 Å². The summed E-state index contributed by atoms with van der Waals surface area (Å²) in [5, 5.41) is 8.79. The fourth-order valence-electron chi connectivity index (χ4n) is 1.51. The van der Waals surface area contributed by atoms with Gasteiger partial charge < -0.3 is 9.63 Å². The molecule has 6 nitrogen and oxygen atoms in total. The number of carboxylic acid groups (broad SMARTS) is 1. The molecule has 0 atom stereocenters. The highest BCUT2D eigenvalue weighted by Gasteiger charge is 2.18. The average Bonchev–Trinajstić information content (AvgIpc) is 2.56. The summed E-state index contributed by atoms with van der Waals surface area (Å²) in [6.45, 7) is 1.22. The highest BCUT2D eigenvalue weighted by atomic mass is 16.5. The van der Waals surface area contributed by atoms with Crippen molar-refractivity contribution >= 4 is 22.8 Å². The van der Waals surface area contributed by atoms with Crippen LogP contribution in [-0.2, 0) is 0 Å². The third-order valence-electron chi connectivity index (χ3n) is 2.16. The van der Waals surface area contributed by atoms with Crippen LogP contribution in [0, 0.1) is 0 Å². The number of rotatable bonds is 1. The molecule has 0 saturated heterocycles. The molecule has 0 amide bonds. The minimum absolute atomic E-state index is 0.0924. The molecule has 0 aliphatic heterocycles. The molecule has 0 aliphatic carbocycles. The van der Waals surface area contributed by atoms with Crippen LogP contribution in [0.25, 0.3) is 10.9 Å². The highest BCUT2D eigenvalue weighted by molar-refractivity contribution is 6.03. The SMILES string of the molecule is CC(=O)n1oc(=O)c2c(C(=O)O)cccc21. The van der Waals surface area contributed by atoms with E-state index in [0.717, 1.165) is 4.74 Å². The van der Waals surface area contributed by atoms with Crippen LogP contribution in [0.1, 0.15) is 22.1 Å². The van der Waals surface area contributed by atoms with Crippen molar-refractivity contribution in [1.82, 2.24) is 4.74 Å². The Bertz CT molecular complexity index is 649. The fraction of sp³-hybridized carbons (Fsp3) is 0.100. The third kappa shape index (κ3) is 1.31. The number of hydrogen-bond acceptors (Lipinski definition) is 4. The minimum atomic E-state index is -1.24. The average molecular weight is 221 g/mol. The molecule has 2 rings (SSSR count). The normalized spacial score (nSPS) is 10.6. The number of hydrogen-bond donors (Lipinski definition) is 1. The predicted octanol–water partition coefficient (Wildman–Crippen LogP) is 0.953. The van der Waals surface area contributed by atoms with Gasteiger partial charge in [-0.25, -0.2) is 9.59 Å². The summed E-state index contributed by atoms with van der Waals surface area (Å²) >= 11 is 0. The second-order valence-corrected chi connectivity index (χ2v) is 3.20. The molecule has 0 radical (unpaired) electrons. The molecule has 1 aromatic heterocycles. The maximum Gasteiger partial charge on any atom is 0.366 e. The van der Waals surface area contributed by atoms with E-state index in [-0.39, 0.29) is 16.5 Å². The Morgan fingerprint density at radius 1 is 1.38 bits per heavy atom. The van der Waals surface area contributed by atoms with Crippen molar-refractivity contribution in [3.8, 4) is 0 Å². The van der Waals surface area contributed by atoms with Gasteiger partial charge in [-0.05, 0) is 12.1 Å². The van der Waals surface area contributed by atoms with Gasteiger partial charge in [-0.3, -0.25) is 4.79 Å². The molecule has 82 valence electrons. The zero-order chi connectivity index (χ0) is 11.9. The largest absolute Gasteiger partial charge is 0.478 e. The summed E-state index contributed by atoms with van der Waals surface area (Å²) in [5.74, 6) is -1.73. The second-order valence-electron chi connectivity index (χ2n) is 3.20. The van der Waals surface area contributed by atoms with Crippen molar-refractivity contribution in [2.24, 2.45) is 0 Å². The Morgan fingerprint density at radius 3 is 2.62 bits per heavy atom. The monoisotopic (exact) mass is 221 g/mol. The first kappa shape index (κ1) is 10.2. The Hall–Kier alpha value is -2.37. The van der Waals surface area contributed by atoms with Gasteiger partial charge >= 0.3 is 11.6 Å². The molecule has 0 saturated carbocycles. The molecular weight excluding hydrogens is 214 g/mol. The Labute approximate surface area is 88.7 Å². The van der Waals surface area contributed by atoms with E-state index in [4.69, 9.17) is 5.11 Å². The number of aromatic nitrogens is 1. The van der Waals surface area contributed by atoms with Gasteiger partial charge in [0, 0.05) is 6.92 Å². The van der Waals surface area contributed by atoms with Crippen LogP contribution in [0.2, 0.25) is 0 Å². The molecule has 1 heterocycles. The molecule has 0 fully saturated rings. The van der Waals surface area contributed by atoms with E-state index in [2.05, 4.69) is 4.52 Å². The van der Waals surface area contributed by atoms with E-state index >= 15 is 0 Å². The topological polar surface area (TPSA) is 89.5 Å². The van der Waals surface area contributed by atoms with Crippen LogP contribution in [-0.4, -0.2) is 21.7 Å². The minimum Gasteiger partial charge on any atom is -0.478 e.